The molecule has 1 N–H and O–H groups in total. The number of furan rings is 1. The molecule has 3 heterocycles. The molecule has 10 heteroatoms. The number of methoxy groups -OCH3 is 2. The summed E-state index contributed by atoms with van der Waals surface area (Å²) in [7, 11) is 2.45. The first-order valence-electron chi connectivity index (χ1n) is 10.4. The van der Waals surface area contributed by atoms with E-state index in [1.165, 1.54) is 38.7 Å². The van der Waals surface area contributed by atoms with Crippen molar-refractivity contribution in [3.8, 4) is 11.5 Å². The highest BCUT2D eigenvalue weighted by atomic mass is 16.5. The van der Waals surface area contributed by atoms with Crippen LogP contribution in [0.2, 0.25) is 0 Å². The lowest BCUT2D eigenvalue weighted by Crippen LogP contribution is -2.15. The maximum Gasteiger partial charge on any atom is 0.337 e. The Hall–Kier alpha value is -4.47. The van der Waals surface area contributed by atoms with Gasteiger partial charge < -0.3 is 19.2 Å². The van der Waals surface area contributed by atoms with E-state index in [1.54, 1.807) is 29.1 Å². The molecule has 0 saturated heterocycles. The molecule has 0 aliphatic rings. The lowest BCUT2D eigenvalue weighted by molar-refractivity contribution is 0.0599. The van der Waals surface area contributed by atoms with Gasteiger partial charge in [0.05, 0.1) is 48.8 Å². The Labute approximate surface area is 194 Å². The molecule has 0 aliphatic carbocycles. The van der Waals surface area contributed by atoms with E-state index in [0.717, 1.165) is 0 Å². The number of fused-ring (bicyclic) bond motifs is 1. The van der Waals surface area contributed by atoms with Gasteiger partial charge >= 0.3 is 11.9 Å². The standard InChI is InChI=1S/C24H22N4O6/c1-13(2)28-21-18(12-25-28)17(11-19(27-21)20-6-5-7-34-20)22(29)26-16-9-14(23(30)32-3)8-15(10-16)24(31)33-4/h5-13H,1-4H3,(H,26,29). The number of nitrogens with zero attached hydrogens (tertiary/aromatic N) is 3. The van der Waals surface area contributed by atoms with Crippen molar-refractivity contribution in [3.05, 3.63) is 65.5 Å². The predicted molar refractivity (Wildman–Crippen MR) is 123 cm³/mol. The maximum absolute atomic E-state index is 13.4. The largest absolute Gasteiger partial charge is 0.465 e. The second kappa shape index (κ2) is 9.18. The topological polar surface area (TPSA) is 126 Å². The lowest BCUT2D eigenvalue weighted by atomic mass is 10.1. The Kier molecular flexibility index (Phi) is 6.13. The minimum atomic E-state index is -0.661. The molecule has 1 aromatic carbocycles. The summed E-state index contributed by atoms with van der Waals surface area (Å²) in [5.41, 5.74) is 1.67. The van der Waals surface area contributed by atoms with Crippen LogP contribution in [0.3, 0.4) is 0 Å². The zero-order valence-electron chi connectivity index (χ0n) is 19.0. The van der Waals surface area contributed by atoms with Crippen LogP contribution in [0.5, 0.6) is 0 Å². The number of benzene rings is 1. The number of nitrogens with one attached hydrogen (secondary N) is 1. The van der Waals surface area contributed by atoms with Crippen molar-refractivity contribution >= 4 is 34.6 Å². The number of esters is 2. The van der Waals surface area contributed by atoms with Crippen LogP contribution in [0, 0.1) is 0 Å². The van der Waals surface area contributed by atoms with E-state index >= 15 is 0 Å². The van der Waals surface area contributed by atoms with Crippen LogP contribution in [0.1, 0.15) is 51.0 Å². The van der Waals surface area contributed by atoms with E-state index < -0.39 is 17.8 Å². The van der Waals surface area contributed by atoms with Crippen molar-refractivity contribution in [1.82, 2.24) is 14.8 Å². The first-order valence-corrected chi connectivity index (χ1v) is 10.4. The van der Waals surface area contributed by atoms with Crippen LogP contribution in [-0.2, 0) is 9.47 Å². The molecule has 4 aromatic rings. The molecule has 3 aromatic heterocycles. The summed E-state index contributed by atoms with van der Waals surface area (Å²) in [6.45, 7) is 3.92. The smallest absolute Gasteiger partial charge is 0.337 e. The van der Waals surface area contributed by atoms with Gasteiger partial charge in [0.25, 0.3) is 5.91 Å². The van der Waals surface area contributed by atoms with Gasteiger partial charge in [-0.05, 0) is 50.2 Å². The predicted octanol–water partition coefficient (Wildman–Crippen LogP) is 4.10. The fourth-order valence-electron chi connectivity index (χ4n) is 3.50. The van der Waals surface area contributed by atoms with Gasteiger partial charge in [-0.2, -0.15) is 5.10 Å². The third-order valence-electron chi connectivity index (χ3n) is 5.11. The van der Waals surface area contributed by atoms with Gasteiger partial charge in [0.1, 0.15) is 5.69 Å². The molecule has 0 fully saturated rings. The quantitative estimate of drug-likeness (QED) is 0.425. The highest BCUT2D eigenvalue weighted by Crippen LogP contribution is 2.28. The maximum atomic E-state index is 13.4. The van der Waals surface area contributed by atoms with Gasteiger partial charge in [-0.25, -0.2) is 19.3 Å². The number of anilines is 1. The summed E-state index contributed by atoms with van der Waals surface area (Å²) in [6, 6.07) is 9.25. The minimum absolute atomic E-state index is 0.00659. The van der Waals surface area contributed by atoms with E-state index in [1.807, 2.05) is 13.8 Å². The fourth-order valence-corrected chi connectivity index (χ4v) is 3.50. The number of hydrogen-bond acceptors (Lipinski definition) is 8. The van der Waals surface area contributed by atoms with Gasteiger partial charge in [0.15, 0.2) is 11.4 Å². The summed E-state index contributed by atoms with van der Waals surface area (Å²) in [5.74, 6) is -1.31. The molecule has 0 radical (unpaired) electrons. The van der Waals surface area contributed by atoms with Crippen molar-refractivity contribution in [2.45, 2.75) is 19.9 Å². The van der Waals surface area contributed by atoms with Crippen LogP contribution in [0.25, 0.3) is 22.5 Å². The van der Waals surface area contributed by atoms with E-state index in [-0.39, 0.29) is 22.9 Å². The molecule has 0 unspecified atom stereocenters. The molecular weight excluding hydrogens is 440 g/mol. The van der Waals surface area contributed by atoms with Gasteiger partial charge in [-0.15, -0.1) is 0 Å². The second-order valence-corrected chi connectivity index (χ2v) is 7.69. The number of amides is 1. The SMILES string of the molecule is COC(=O)c1cc(NC(=O)c2cc(-c3ccco3)nc3c2cnn3C(C)C)cc(C(=O)OC)c1. The first-order chi connectivity index (χ1) is 16.3. The third-order valence-corrected chi connectivity index (χ3v) is 5.11. The number of carbonyl (C=O) groups excluding carboxylic acids is 3. The van der Waals surface area contributed by atoms with E-state index in [9.17, 15) is 14.4 Å². The van der Waals surface area contributed by atoms with Crippen LogP contribution < -0.4 is 5.32 Å². The molecule has 0 saturated carbocycles. The number of hydrogen-bond donors (Lipinski definition) is 1. The Morgan fingerprint density at radius 3 is 2.26 bits per heavy atom. The zero-order valence-corrected chi connectivity index (χ0v) is 19.0. The second-order valence-electron chi connectivity index (χ2n) is 7.69. The molecule has 0 spiro atoms. The molecule has 1 amide bonds. The zero-order chi connectivity index (χ0) is 24.4. The van der Waals surface area contributed by atoms with Gasteiger partial charge in [-0.3, -0.25) is 4.79 Å². The molecule has 34 heavy (non-hydrogen) atoms. The van der Waals surface area contributed by atoms with Crippen molar-refractivity contribution in [3.63, 3.8) is 0 Å². The number of rotatable bonds is 6. The average molecular weight is 462 g/mol. The molecule has 174 valence electrons. The average Bonchev–Trinajstić information content (AvgIpc) is 3.52. The minimum Gasteiger partial charge on any atom is -0.465 e. The van der Waals surface area contributed by atoms with Crippen LogP contribution in [0.4, 0.5) is 5.69 Å². The summed E-state index contributed by atoms with van der Waals surface area (Å²) in [4.78, 5) is 42.2. The summed E-state index contributed by atoms with van der Waals surface area (Å²) < 4.78 is 16.7. The Bertz CT molecular complexity index is 1350. The van der Waals surface area contributed by atoms with Crippen LogP contribution in [-0.4, -0.2) is 46.8 Å². The third kappa shape index (κ3) is 4.25. The molecular formula is C24H22N4O6. The number of pyridine rings is 1. The van der Waals surface area contributed by atoms with Gasteiger partial charge in [0.2, 0.25) is 0 Å². The molecule has 4 rings (SSSR count). The lowest BCUT2D eigenvalue weighted by Gasteiger charge is -2.12. The van der Waals surface area contributed by atoms with Crippen LogP contribution in [0.15, 0.2) is 53.3 Å². The van der Waals surface area contributed by atoms with Crippen molar-refractivity contribution in [2.24, 2.45) is 0 Å². The highest BCUT2D eigenvalue weighted by molar-refractivity contribution is 6.13. The summed E-state index contributed by atoms with van der Waals surface area (Å²) >= 11 is 0. The number of ether oxygens (including phenoxy) is 2. The van der Waals surface area contributed by atoms with Crippen molar-refractivity contribution < 1.29 is 28.3 Å². The molecule has 0 bridgehead atoms. The van der Waals surface area contributed by atoms with Gasteiger partial charge in [-0.1, -0.05) is 0 Å². The Morgan fingerprint density at radius 2 is 1.71 bits per heavy atom. The first kappa shape index (κ1) is 22.7. The van der Waals surface area contributed by atoms with Crippen molar-refractivity contribution in [2.75, 3.05) is 19.5 Å². The Balaban J connectivity index is 1.80. The number of carbonyl (C=O) groups is 3. The highest BCUT2D eigenvalue weighted by Gasteiger charge is 2.21. The van der Waals surface area contributed by atoms with Crippen molar-refractivity contribution in [1.29, 1.82) is 0 Å². The van der Waals surface area contributed by atoms with E-state index in [2.05, 4.69) is 15.4 Å². The summed E-state index contributed by atoms with van der Waals surface area (Å²) in [6.07, 6.45) is 3.10. The molecule has 10 nitrogen and oxygen atoms in total. The summed E-state index contributed by atoms with van der Waals surface area (Å²) in [5, 5.41) is 7.68. The molecule has 0 aliphatic heterocycles. The molecule has 0 atom stereocenters. The monoisotopic (exact) mass is 462 g/mol. The van der Waals surface area contributed by atoms with E-state index in [0.29, 0.717) is 28.1 Å². The fraction of sp³-hybridized carbons (Fsp3) is 0.208. The Morgan fingerprint density at radius 1 is 1.03 bits per heavy atom. The van der Waals surface area contributed by atoms with Crippen LogP contribution >= 0.6 is 0 Å². The normalized spacial score (nSPS) is 11.0. The number of aromatic nitrogens is 3. The van der Waals surface area contributed by atoms with Gasteiger partial charge in [0, 0.05) is 11.7 Å². The van der Waals surface area contributed by atoms with E-state index in [4.69, 9.17) is 13.9 Å².